The van der Waals surface area contributed by atoms with Crippen molar-refractivity contribution in [3.63, 3.8) is 0 Å². The van der Waals surface area contributed by atoms with Gasteiger partial charge in [-0.25, -0.2) is 14.2 Å². The van der Waals surface area contributed by atoms with E-state index in [1.54, 1.807) is 32.9 Å². The lowest BCUT2D eigenvalue weighted by atomic mass is 9.99. The number of hydrogen-bond acceptors (Lipinski definition) is 9. The first-order valence-electron chi connectivity index (χ1n) is 13.0. The van der Waals surface area contributed by atoms with Crippen LogP contribution in [0, 0.1) is 5.82 Å². The van der Waals surface area contributed by atoms with Crippen LogP contribution < -0.4 is 24.8 Å². The Labute approximate surface area is 253 Å². The van der Waals surface area contributed by atoms with Crippen molar-refractivity contribution in [3.8, 4) is 28.5 Å². The third-order valence-electron chi connectivity index (χ3n) is 5.84. The second-order valence-electron chi connectivity index (χ2n) is 10.5. The third kappa shape index (κ3) is 9.03. The van der Waals surface area contributed by atoms with Gasteiger partial charge in [-0.1, -0.05) is 11.6 Å². The number of amides is 3. The lowest BCUT2D eigenvalue weighted by Crippen LogP contribution is -2.39. The molecule has 0 fully saturated rings. The fraction of sp³-hybridized carbons (Fsp3) is 0.333. The van der Waals surface area contributed by atoms with Crippen molar-refractivity contribution in [2.75, 3.05) is 27.4 Å². The maximum atomic E-state index is 13.7. The molecule has 230 valence electrons. The molecule has 0 spiro atoms. The van der Waals surface area contributed by atoms with Crippen LogP contribution in [0.2, 0.25) is 5.02 Å². The van der Waals surface area contributed by atoms with Gasteiger partial charge in [0, 0.05) is 11.1 Å². The van der Waals surface area contributed by atoms with Gasteiger partial charge in [0.15, 0.2) is 18.1 Å². The third-order valence-corrected chi connectivity index (χ3v) is 6.13. The highest BCUT2D eigenvalue weighted by Crippen LogP contribution is 2.33. The Hall–Kier alpha value is -4.42. The normalized spacial score (nSPS) is 12.5. The molecule has 0 aliphatic rings. The number of pyridine rings is 1. The molecule has 1 aromatic heterocycles. The highest BCUT2D eigenvalue weighted by molar-refractivity contribution is 6.31. The van der Waals surface area contributed by atoms with Gasteiger partial charge in [-0.3, -0.25) is 14.9 Å². The van der Waals surface area contributed by atoms with Crippen molar-refractivity contribution in [1.29, 1.82) is 0 Å². The van der Waals surface area contributed by atoms with E-state index >= 15 is 0 Å². The molecule has 1 heterocycles. The van der Waals surface area contributed by atoms with Gasteiger partial charge in [-0.2, -0.15) is 0 Å². The largest absolute Gasteiger partial charge is 0.494 e. The van der Waals surface area contributed by atoms with Gasteiger partial charge in [0.1, 0.15) is 28.5 Å². The number of nitrogens with zero attached hydrogens (tertiary/aromatic N) is 1. The van der Waals surface area contributed by atoms with E-state index in [1.165, 1.54) is 57.5 Å². The summed E-state index contributed by atoms with van der Waals surface area (Å²) in [5.74, 6) is -1.17. The van der Waals surface area contributed by atoms with Crippen LogP contribution in [0.4, 0.5) is 9.18 Å². The molecule has 11 nitrogen and oxygen atoms in total. The first kappa shape index (κ1) is 33.1. The van der Waals surface area contributed by atoms with Crippen molar-refractivity contribution in [3.05, 3.63) is 70.6 Å². The van der Waals surface area contributed by atoms with Crippen molar-refractivity contribution in [1.82, 2.24) is 15.6 Å². The van der Waals surface area contributed by atoms with E-state index in [-0.39, 0.29) is 34.3 Å². The molecular weight excluding hydrogens is 585 g/mol. The number of nitrogens with one attached hydrogen (secondary N) is 2. The molecule has 0 saturated heterocycles. The van der Waals surface area contributed by atoms with Crippen molar-refractivity contribution in [2.24, 2.45) is 0 Å². The predicted octanol–water partition coefficient (Wildman–Crippen LogP) is 4.63. The van der Waals surface area contributed by atoms with Crippen molar-refractivity contribution < 1.29 is 42.8 Å². The van der Waals surface area contributed by atoms with Gasteiger partial charge in [0.25, 0.3) is 11.8 Å². The Morgan fingerprint density at radius 1 is 0.953 bits per heavy atom. The van der Waals surface area contributed by atoms with Gasteiger partial charge in [0.05, 0.1) is 31.5 Å². The SMILES string of the molecule is COc1cc(C(=O)NCC(C)(O)c2ccc(OC)c(-c3ccc(F)c(Cl)c3)n2)ccc1OCC(=O)NC(=O)OC(C)(C)C. The number of ether oxygens (including phenoxy) is 4. The minimum Gasteiger partial charge on any atom is -0.494 e. The van der Waals surface area contributed by atoms with Gasteiger partial charge in [0.2, 0.25) is 0 Å². The molecule has 3 rings (SSSR count). The van der Waals surface area contributed by atoms with E-state index < -0.39 is 41.5 Å². The van der Waals surface area contributed by atoms with E-state index in [0.717, 1.165) is 0 Å². The molecule has 1 atom stereocenters. The predicted molar refractivity (Wildman–Crippen MR) is 156 cm³/mol. The number of benzene rings is 2. The standard InChI is InChI=1S/C30H33ClFN3O8/c1-29(2,3)43-28(38)35-25(36)15-42-21-10-8-18(14-23(21)41-6)27(37)33-16-30(4,39)24-12-11-22(40-5)26(34-24)17-7-9-20(32)19(31)13-17/h7-14,39H,15-16H2,1-6H3,(H,33,37)(H,35,36,38). The lowest BCUT2D eigenvalue weighted by molar-refractivity contribution is -0.122. The molecule has 2 aromatic carbocycles. The first-order valence-corrected chi connectivity index (χ1v) is 13.4. The Kier molecular flexibility index (Phi) is 10.5. The van der Waals surface area contributed by atoms with E-state index in [2.05, 4.69) is 15.6 Å². The number of hydrogen-bond donors (Lipinski definition) is 3. The molecule has 0 aliphatic heterocycles. The average Bonchev–Trinajstić information content (AvgIpc) is 2.94. The van der Waals surface area contributed by atoms with E-state index in [1.807, 2.05) is 0 Å². The fourth-order valence-corrected chi connectivity index (χ4v) is 3.91. The average molecular weight is 618 g/mol. The number of carbonyl (C=O) groups excluding carboxylic acids is 3. The minimum atomic E-state index is -1.62. The molecule has 43 heavy (non-hydrogen) atoms. The summed E-state index contributed by atoms with van der Waals surface area (Å²) in [5, 5.41) is 15.8. The monoisotopic (exact) mass is 617 g/mol. The van der Waals surface area contributed by atoms with Crippen LogP contribution in [0.5, 0.6) is 17.2 Å². The van der Waals surface area contributed by atoms with E-state index in [0.29, 0.717) is 17.0 Å². The molecular formula is C30H33ClFN3O8. The number of imide groups is 1. The second-order valence-corrected chi connectivity index (χ2v) is 10.9. The Bertz CT molecular complexity index is 1510. The first-order chi connectivity index (χ1) is 20.1. The molecule has 0 bridgehead atoms. The molecule has 0 aliphatic carbocycles. The molecule has 1 unspecified atom stereocenters. The second kappa shape index (κ2) is 13.7. The summed E-state index contributed by atoms with van der Waals surface area (Å²) >= 11 is 5.94. The summed E-state index contributed by atoms with van der Waals surface area (Å²) in [6.45, 7) is 5.73. The van der Waals surface area contributed by atoms with Gasteiger partial charge in [-0.05, 0) is 76.2 Å². The van der Waals surface area contributed by atoms with Crippen molar-refractivity contribution in [2.45, 2.75) is 38.9 Å². The highest BCUT2D eigenvalue weighted by atomic mass is 35.5. The van der Waals surface area contributed by atoms with Crippen LogP contribution in [-0.2, 0) is 15.1 Å². The molecule has 3 N–H and O–H groups in total. The highest BCUT2D eigenvalue weighted by Gasteiger charge is 2.28. The lowest BCUT2D eigenvalue weighted by Gasteiger charge is -2.24. The summed E-state index contributed by atoms with van der Waals surface area (Å²) in [4.78, 5) is 41.3. The van der Waals surface area contributed by atoms with Crippen LogP contribution in [0.15, 0.2) is 48.5 Å². The number of carbonyl (C=O) groups is 3. The Morgan fingerprint density at radius 2 is 1.63 bits per heavy atom. The zero-order chi connectivity index (χ0) is 31.9. The van der Waals surface area contributed by atoms with Gasteiger partial charge in [-0.15, -0.1) is 0 Å². The molecule has 3 amide bonds. The van der Waals surface area contributed by atoms with E-state index in [9.17, 15) is 23.9 Å². The molecule has 0 radical (unpaired) electrons. The van der Waals surface area contributed by atoms with Gasteiger partial charge >= 0.3 is 6.09 Å². The number of halogens is 2. The number of aromatic nitrogens is 1. The quantitative estimate of drug-likeness (QED) is 0.296. The Morgan fingerprint density at radius 3 is 2.26 bits per heavy atom. The number of aliphatic hydroxyl groups is 1. The maximum Gasteiger partial charge on any atom is 0.414 e. The molecule has 13 heteroatoms. The molecule has 0 saturated carbocycles. The minimum absolute atomic E-state index is 0.0957. The van der Waals surface area contributed by atoms with Crippen LogP contribution >= 0.6 is 11.6 Å². The van der Waals surface area contributed by atoms with E-state index in [4.69, 9.17) is 30.5 Å². The van der Waals surface area contributed by atoms with Crippen LogP contribution in [0.25, 0.3) is 11.3 Å². The van der Waals surface area contributed by atoms with Crippen LogP contribution in [0.1, 0.15) is 43.7 Å². The summed E-state index contributed by atoms with van der Waals surface area (Å²) in [6, 6.07) is 11.5. The van der Waals surface area contributed by atoms with Crippen LogP contribution in [0.3, 0.4) is 0 Å². The smallest absolute Gasteiger partial charge is 0.414 e. The topological polar surface area (TPSA) is 145 Å². The zero-order valence-corrected chi connectivity index (χ0v) is 25.3. The van der Waals surface area contributed by atoms with Gasteiger partial charge < -0.3 is 29.4 Å². The summed E-state index contributed by atoms with van der Waals surface area (Å²) in [6.07, 6.45) is -0.906. The summed E-state index contributed by atoms with van der Waals surface area (Å²) in [5.41, 5.74) is -1.19. The number of methoxy groups -OCH3 is 2. The Balaban J connectivity index is 1.68. The zero-order valence-electron chi connectivity index (χ0n) is 24.5. The number of alkyl carbamates (subject to hydrolysis) is 1. The summed E-state index contributed by atoms with van der Waals surface area (Å²) < 4.78 is 34.8. The summed E-state index contributed by atoms with van der Waals surface area (Å²) in [7, 11) is 2.81. The number of rotatable bonds is 10. The fourth-order valence-electron chi connectivity index (χ4n) is 3.73. The maximum absolute atomic E-state index is 13.7. The van der Waals surface area contributed by atoms with Crippen LogP contribution in [-0.4, -0.2) is 61.0 Å². The van der Waals surface area contributed by atoms with Crippen molar-refractivity contribution >= 4 is 29.5 Å². The molecule has 3 aromatic rings.